The van der Waals surface area contributed by atoms with E-state index in [9.17, 15) is 13.2 Å². The molecule has 6 nitrogen and oxygen atoms in total. The second-order valence-corrected chi connectivity index (χ2v) is 7.87. The number of hydrogen-bond acceptors (Lipinski definition) is 4. The smallest absolute Gasteiger partial charge is 0.251 e. The number of benzene rings is 1. The largest absolute Gasteiger partial charge is 0.495 e. The molecule has 2 rings (SSSR count). The van der Waals surface area contributed by atoms with Gasteiger partial charge in [0.15, 0.2) is 0 Å². The Balaban J connectivity index is 2.35. The van der Waals surface area contributed by atoms with Crippen molar-refractivity contribution < 1.29 is 17.9 Å². The Hall–Kier alpha value is -1.60. The Kier molecular flexibility index (Phi) is 6.23. The highest BCUT2D eigenvalue weighted by Crippen LogP contribution is 2.29. The summed E-state index contributed by atoms with van der Waals surface area (Å²) in [6, 6.07) is 4.65. The van der Waals surface area contributed by atoms with Crippen molar-refractivity contribution in [3.05, 3.63) is 23.8 Å². The van der Waals surface area contributed by atoms with Crippen molar-refractivity contribution in [3.8, 4) is 5.75 Å². The van der Waals surface area contributed by atoms with Crippen LogP contribution in [0.5, 0.6) is 5.75 Å². The van der Waals surface area contributed by atoms with Gasteiger partial charge in [-0.25, -0.2) is 8.42 Å². The lowest BCUT2D eigenvalue weighted by Crippen LogP contribution is -2.34. The molecule has 1 heterocycles. The van der Waals surface area contributed by atoms with Crippen molar-refractivity contribution in [2.75, 3.05) is 20.2 Å². The predicted octanol–water partition coefficient (Wildman–Crippen LogP) is 2.40. The maximum atomic E-state index is 12.8. The summed E-state index contributed by atoms with van der Waals surface area (Å²) in [6.45, 7) is 5.03. The Morgan fingerprint density at radius 2 is 1.88 bits per heavy atom. The van der Waals surface area contributed by atoms with Crippen LogP contribution in [0.3, 0.4) is 0 Å². The summed E-state index contributed by atoms with van der Waals surface area (Å²) in [5.41, 5.74) is 0.334. The summed E-state index contributed by atoms with van der Waals surface area (Å²) in [5, 5.41) is 2.93. The predicted molar refractivity (Wildman–Crippen MR) is 92.8 cm³/mol. The number of nitrogens with zero attached hydrogens (tertiary/aromatic N) is 1. The maximum absolute atomic E-state index is 12.8. The minimum absolute atomic E-state index is 0.0593. The fourth-order valence-electron chi connectivity index (χ4n) is 2.85. The Morgan fingerprint density at radius 1 is 1.25 bits per heavy atom. The maximum Gasteiger partial charge on any atom is 0.251 e. The second kappa shape index (κ2) is 7.98. The monoisotopic (exact) mass is 354 g/mol. The number of hydrogen-bond donors (Lipinski definition) is 1. The molecule has 1 N–H and O–H groups in total. The Morgan fingerprint density at radius 3 is 2.42 bits per heavy atom. The number of sulfonamides is 1. The molecule has 1 amide bonds. The van der Waals surface area contributed by atoms with Gasteiger partial charge in [0, 0.05) is 24.7 Å². The van der Waals surface area contributed by atoms with Gasteiger partial charge in [-0.3, -0.25) is 4.79 Å². The van der Waals surface area contributed by atoms with Crippen LogP contribution in [0.15, 0.2) is 23.1 Å². The average molecular weight is 354 g/mol. The van der Waals surface area contributed by atoms with Gasteiger partial charge in [-0.2, -0.15) is 4.31 Å². The highest BCUT2D eigenvalue weighted by atomic mass is 32.2. The van der Waals surface area contributed by atoms with Crippen LogP contribution in [0.2, 0.25) is 0 Å². The van der Waals surface area contributed by atoms with E-state index >= 15 is 0 Å². The number of ether oxygens (including phenoxy) is 1. The Labute approximate surface area is 144 Å². The Bertz CT molecular complexity index is 678. The zero-order chi connectivity index (χ0) is 17.7. The fourth-order valence-corrected chi connectivity index (χ4v) is 4.55. The standard InChI is InChI=1S/C17H26N2O4S/c1-4-14(5-2)18-17(20)13-8-9-15(23-3)16(12-13)24(21,22)19-10-6-7-11-19/h8-9,12,14H,4-7,10-11H2,1-3H3,(H,18,20). The minimum atomic E-state index is -3.65. The normalized spacial score (nSPS) is 15.7. The van der Waals surface area contributed by atoms with Gasteiger partial charge in [0.25, 0.3) is 5.91 Å². The summed E-state index contributed by atoms with van der Waals surface area (Å²) in [4.78, 5) is 12.5. The van der Waals surface area contributed by atoms with Gasteiger partial charge in [-0.05, 0) is 43.9 Å². The van der Waals surface area contributed by atoms with Crippen LogP contribution in [-0.2, 0) is 10.0 Å². The molecule has 24 heavy (non-hydrogen) atoms. The molecule has 1 aromatic carbocycles. The van der Waals surface area contributed by atoms with Gasteiger partial charge in [0.2, 0.25) is 10.0 Å². The molecule has 0 radical (unpaired) electrons. The van der Waals surface area contributed by atoms with Gasteiger partial charge in [-0.15, -0.1) is 0 Å². The minimum Gasteiger partial charge on any atom is -0.495 e. The third-order valence-electron chi connectivity index (χ3n) is 4.43. The number of carbonyl (C=O) groups is 1. The molecule has 0 unspecified atom stereocenters. The summed E-state index contributed by atoms with van der Waals surface area (Å²) in [7, 11) is -2.22. The van der Waals surface area contributed by atoms with Gasteiger partial charge < -0.3 is 10.1 Å². The molecule has 0 aliphatic carbocycles. The SMILES string of the molecule is CCC(CC)NC(=O)c1ccc(OC)c(S(=O)(=O)N2CCCC2)c1. The zero-order valence-corrected chi connectivity index (χ0v) is 15.4. The highest BCUT2D eigenvalue weighted by Gasteiger charge is 2.30. The van der Waals surface area contributed by atoms with Crippen molar-refractivity contribution in [2.24, 2.45) is 0 Å². The molecule has 0 aromatic heterocycles. The first-order chi connectivity index (χ1) is 11.4. The van der Waals surface area contributed by atoms with E-state index in [1.807, 2.05) is 13.8 Å². The zero-order valence-electron chi connectivity index (χ0n) is 14.5. The molecule has 0 atom stereocenters. The molecule has 1 fully saturated rings. The van der Waals surface area contributed by atoms with Crippen molar-refractivity contribution in [1.29, 1.82) is 0 Å². The van der Waals surface area contributed by atoms with E-state index in [1.165, 1.54) is 17.5 Å². The lowest BCUT2D eigenvalue weighted by Gasteiger charge is -2.19. The van der Waals surface area contributed by atoms with E-state index in [1.54, 1.807) is 12.1 Å². The third-order valence-corrected chi connectivity index (χ3v) is 6.35. The summed E-state index contributed by atoms with van der Waals surface area (Å²) >= 11 is 0. The molecule has 0 bridgehead atoms. The van der Waals surface area contributed by atoms with E-state index in [0.717, 1.165) is 25.7 Å². The first-order valence-corrected chi connectivity index (χ1v) is 9.87. The van der Waals surface area contributed by atoms with E-state index in [2.05, 4.69) is 5.32 Å². The fraction of sp³-hybridized carbons (Fsp3) is 0.588. The van der Waals surface area contributed by atoms with E-state index in [4.69, 9.17) is 4.74 Å². The lowest BCUT2D eigenvalue weighted by atomic mass is 10.1. The molecule has 1 saturated heterocycles. The first-order valence-electron chi connectivity index (χ1n) is 8.43. The molecule has 7 heteroatoms. The van der Waals surface area contributed by atoms with Crippen molar-refractivity contribution in [3.63, 3.8) is 0 Å². The topological polar surface area (TPSA) is 75.7 Å². The molecule has 0 saturated carbocycles. The van der Waals surface area contributed by atoms with Gasteiger partial charge in [0.05, 0.1) is 7.11 Å². The number of carbonyl (C=O) groups excluding carboxylic acids is 1. The van der Waals surface area contributed by atoms with Gasteiger partial charge in [-0.1, -0.05) is 13.8 Å². The number of amides is 1. The quantitative estimate of drug-likeness (QED) is 0.816. The molecule has 1 aromatic rings. The number of nitrogens with one attached hydrogen (secondary N) is 1. The van der Waals surface area contributed by atoms with Crippen molar-refractivity contribution >= 4 is 15.9 Å². The van der Waals surface area contributed by atoms with Gasteiger partial charge in [0.1, 0.15) is 10.6 Å². The summed E-state index contributed by atoms with van der Waals surface area (Å²) in [5.74, 6) is 0.00482. The molecule has 134 valence electrons. The van der Waals surface area contributed by atoms with Gasteiger partial charge >= 0.3 is 0 Å². The van der Waals surface area contributed by atoms with Crippen LogP contribution in [0.1, 0.15) is 49.9 Å². The van der Waals surface area contributed by atoms with Crippen molar-refractivity contribution in [2.45, 2.75) is 50.5 Å². The van der Waals surface area contributed by atoms with Crippen LogP contribution in [-0.4, -0.2) is 44.9 Å². The highest BCUT2D eigenvalue weighted by molar-refractivity contribution is 7.89. The molecule has 1 aliphatic rings. The number of methoxy groups -OCH3 is 1. The summed E-state index contributed by atoms with van der Waals surface area (Å²) in [6.07, 6.45) is 3.38. The van der Waals surface area contributed by atoms with Crippen LogP contribution in [0.4, 0.5) is 0 Å². The van der Waals surface area contributed by atoms with E-state index in [-0.39, 0.29) is 22.6 Å². The third kappa shape index (κ3) is 3.89. The van der Waals surface area contributed by atoms with Crippen molar-refractivity contribution in [1.82, 2.24) is 9.62 Å². The summed E-state index contributed by atoms with van der Waals surface area (Å²) < 4.78 is 32.3. The van der Waals surface area contributed by atoms with Crippen LogP contribution < -0.4 is 10.1 Å². The second-order valence-electron chi connectivity index (χ2n) is 5.96. The van der Waals surface area contributed by atoms with E-state index < -0.39 is 10.0 Å². The van der Waals surface area contributed by atoms with Crippen LogP contribution in [0, 0.1) is 0 Å². The lowest BCUT2D eigenvalue weighted by molar-refractivity contribution is 0.0934. The molecular weight excluding hydrogens is 328 g/mol. The average Bonchev–Trinajstić information content (AvgIpc) is 3.14. The first kappa shape index (κ1) is 18.7. The molecular formula is C17H26N2O4S. The molecule has 0 spiro atoms. The van der Waals surface area contributed by atoms with Crippen LogP contribution in [0.25, 0.3) is 0 Å². The number of rotatable bonds is 7. The molecule has 1 aliphatic heterocycles. The van der Waals surface area contributed by atoms with E-state index in [0.29, 0.717) is 18.7 Å². The van der Waals surface area contributed by atoms with Crippen LogP contribution >= 0.6 is 0 Å².